The third kappa shape index (κ3) is 1.73. The number of carbonyl (C=O) groups is 1. The number of urea groups is 1. The van der Waals surface area contributed by atoms with Crippen LogP contribution in [0.3, 0.4) is 0 Å². The largest absolute Gasteiger partial charge is 0.377 e. The Morgan fingerprint density at radius 2 is 1.90 bits per heavy atom. The molecule has 4 nitrogen and oxygen atoms in total. The molecule has 112 valence electrons. The number of likely N-dealkylation sites (tertiary alicyclic amines) is 1. The number of amides is 2. The number of nitrogens with one attached hydrogen (secondary N) is 1. The number of hydrogen-bond acceptors (Lipinski definition) is 2. The van der Waals surface area contributed by atoms with Gasteiger partial charge in [0.15, 0.2) is 0 Å². The van der Waals surface area contributed by atoms with Crippen LogP contribution < -0.4 is 5.32 Å². The Hall–Kier alpha value is -0.770. The summed E-state index contributed by atoms with van der Waals surface area (Å²) < 4.78 is 5.80. The van der Waals surface area contributed by atoms with E-state index in [2.05, 4.69) is 24.1 Å². The topological polar surface area (TPSA) is 41.6 Å². The van der Waals surface area contributed by atoms with Gasteiger partial charge in [0.05, 0.1) is 6.10 Å². The SMILES string of the molecule is CC1(C)C(NC(=O)N2CC3CCCC3C2)C2CCOC21. The molecule has 0 aromatic heterocycles. The lowest BCUT2D eigenvalue weighted by molar-refractivity contribution is -0.109. The van der Waals surface area contributed by atoms with Crippen molar-refractivity contribution in [2.24, 2.45) is 23.2 Å². The molecule has 5 unspecified atom stereocenters. The second kappa shape index (κ2) is 4.36. The molecule has 20 heavy (non-hydrogen) atoms. The van der Waals surface area contributed by atoms with Gasteiger partial charge in [-0.2, -0.15) is 0 Å². The van der Waals surface area contributed by atoms with E-state index in [0.29, 0.717) is 18.1 Å². The molecule has 0 aromatic carbocycles. The fraction of sp³-hybridized carbons (Fsp3) is 0.938. The molecule has 0 radical (unpaired) electrons. The van der Waals surface area contributed by atoms with Crippen LogP contribution in [0.25, 0.3) is 0 Å². The molecule has 2 aliphatic carbocycles. The van der Waals surface area contributed by atoms with E-state index in [1.54, 1.807) is 0 Å². The lowest BCUT2D eigenvalue weighted by Crippen LogP contribution is -2.67. The number of ether oxygens (including phenoxy) is 1. The summed E-state index contributed by atoms with van der Waals surface area (Å²) in [6, 6.07) is 0.464. The highest BCUT2D eigenvalue weighted by atomic mass is 16.5. The molecule has 2 aliphatic heterocycles. The Morgan fingerprint density at radius 1 is 1.20 bits per heavy atom. The maximum Gasteiger partial charge on any atom is 0.317 e. The van der Waals surface area contributed by atoms with Gasteiger partial charge < -0.3 is 15.0 Å². The van der Waals surface area contributed by atoms with Crippen molar-refractivity contribution in [3.8, 4) is 0 Å². The summed E-state index contributed by atoms with van der Waals surface area (Å²) in [5.74, 6) is 2.09. The molecular formula is C16H26N2O2. The first kappa shape index (κ1) is 12.9. The summed E-state index contributed by atoms with van der Waals surface area (Å²) in [5.41, 5.74) is 0.0897. The minimum Gasteiger partial charge on any atom is -0.377 e. The van der Waals surface area contributed by atoms with E-state index in [0.717, 1.165) is 38.0 Å². The van der Waals surface area contributed by atoms with Crippen LogP contribution in [-0.4, -0.2) is 42.8 Å². The number of rotatable bonds is 1. The molecule has 4 fully saturated rings. The van der Waals surface area contributed by atoms with E-state index in [9.17, 15) is 4.79 Å². The molecule has 4 rings (SSSR count). The van der Waals surface area contributed by atoms with E-state index in [1.807, 2.05) is 0 Å². The van der Waals surface area contributed by atoms with Crippen LogP contribution in [0.2, 0.25) is 0 Å². The van der Waals surface area contributed by atoms with Crippen LogP contribution in [0.4, 0.5) is 4.79 Å². The molecule has 2 heterocycles. The lowest BCUT2D eigenvalue weighted by Gasteiger charge is -2.54. The van der Waals surface area contributed by atoms with Crippen molar-refractivity contribution in [2.45, 2.75) is 51.7 Å². The minimum atomic E-state index is 0.0897. The average Bonchev–Trinajstić information content (AvgIpc) is 3.09. The first-order chi connectivity index (χ1) is 9.57. The number of hydrogen-bond donors (Lipinski definition) is 1. The van der Waals surface area contributed by atoms with Crippen LogP contribution in [0, 0.1) is 23.2 Å². The Balaban J connectivity index is 1.39. The van der Waals surface area contributed by atoms with Gasteiger partial charge in [-0.25, -0.2) is 4.79 Å². The lowest BCUT2D eigenvalue weighted by atomic mass is 9.57. The smallest absolute Gasteiger partial charge is 0.317 e. The van der Waals surface area contributed by atoms with Crippen LogP contribution >= 0.6 is 0 Å². The number of carbonyl (C=O) groups excluding carboxylic acids is 1. The minimum absolute atomic E-state index is 0.0897. The highest BCUT2D eigenvalue weighted by Gasteiger charge is 2.60. The zero-order chi connectivity index (χ0) is 13.9. The van der Waals surface area contributed by atoms with E-state index in [4.69, 9.17) is 4.74 Å². The van der Waals surface area contributed by atoms with Crippen LogP contribution in [-0.2, 0) is 4.74 Å². The van der Waals surface area contributed by atoms with Crippen molar-refractivity contribution in [3.05, 3.63) is 0 Å². The summed E-state index contributed by atoms with van der Waals surface area (Å²) >= 11 is 0. The van der Waals surface area contributed by atoms with Gasteiger partial charge in [0, 0.05) is 37.1 Å². The standard InChI is InChI=1S/C16H26N2O2/c1-16(2)13(12-6-7-20-14(12)16)17-15(19)18-8-10-4-3-5-11(10)9-18/h10-14H,3-9H2,1-2H3,(H,17,19). The third-order valence-electron chi connectivity index (χ3n) is 6.39. The molecule has 0 spiro atoms. The van der Waals surface area contributed by atoms with Crippen LogP contribution in [0.1, 0.15) is 39.5 Å². The van der Waals surface area contributed by atoms with Gasteiger partial charge in [0.1, 0.15) is 0 Å². The van der Waals surface area contributed by atoms with Gasteiger partial charge >= 0.3 is 6.03 Å². The molecule has 0 bridgehead atoms. The van der Waals surface area contributed by atoms with Gasteiger partial charge in [-0.3, -0.25) is 0 Å². The third-order valence-corrected chi connectivity index (χ3v) is 6.39. The van der Waals surface area contributed by atoms with Crippen molar-refractivity contribution < 1.29 is 9.53 Å². The summed E-state index contributed by atoms with van der Waals surface area (Å²) in [7, 11) is 0. The average molecular weight is 278 g/mol. The molecule has 0 aromatic rings. The summed E-state index contributed by atoms with van der Waals surface area (Å²) in [5, 5.41) is 3.32. The first-order valence-electron chi connectivity index (χ1n) is 8.24. The van der Waals surface area contributed by atoms with E-state index in [-0.39, 0.29) is 11.4 Å². The maximum atomic E-state index is 12.5. The van der Waals surface area contributed by atoms with Crippen molar-refractivity contribution in [2.75, 3.05) is 19.7 Å². The normalized spacial score (nSPS) is 44.9. The Morgan fingerprint density at radius 3 is 2.60 bits per heavy atom. The van der Waals surface area contributed by atoms with Crippen LogP contribution in [0.15, 0.2) is 0 Å². The predicted molar refractivity (Wildman–Crippen MR) is 76.4 cm³/mol. The van der Waals surface area contributed by atoms with E-state index >= 15 is 0 Å². The molecular weight excluding hydrogens is 252 g/mol. The highest BCUT2D eigenvalue weighted by molar-refractivity contribution is 5.75. The molecule has 4 heteroatoms. The number of fused-ring (bicyclic) bond motifs is 2. The van der Waals surface area contributed by atoms with Crippen molar-refractivity contribution >= 4 is 6.03 Å². The van der Waals surface area contributed by atoms with Gasteiger partial charge in [-0.15, -0.1) is 0 Å². The van der Waals surface area contributed by atoms with Crippen molar-refractivity contribution in [1.29, 1.82) is 0 Å². The van der Waals surface area contributed by atoms with Gasteiger partial charge in [-0.05, 0) is 31.1 Å². The van der Waals surface area contributed by atoms with Gasteiger partial charge in [0.25, 0.3) is 0 Å². The summed E-state index contributed by atoms with van der Waals surface area (Å²) in [4.78, 5) is 14.6. The van der Waals surface area contributed by atoms with E-state index < -0.39 is 0 Å². The van der Waals surface area contributed by atoms with E-state index in [1.165, 1.54) is 19.3 Å². The molecule has 5 atom stereocenters. The zero-order valence-corrected chi connectivity index (χ0v) is 12.6. The first-order valence-corrected chi connectivity index (χ1v) is 8.24. The fourth-order valence-corrected chi connectivity index (χ4v) is 5.24. The second-order valence-corrected chi connectivity index (χ2v) is 7.85. The fourth-order valence-electron chi connectivity index (χ4n) is 5.24. The van der Waals surface area contributed by atoms with Crippen LogP contribution in [0.5, 0.6) is 0 Å². The number of nitrogens with zero attached hydrogens (tertiary/aromatic N) is 1. The molecule has 1 N–H and O–H groups in total. The molecule has 2 saturated heterocycles. The highest BCUT2D eigenvalue weighted by Crippen LogP contribution is 2.52. The second-order valence-electron chi connectivity index (χ2n) is 7.85. The Kier molecular flexibility index (Phi) is 2.82. The van der Waals surface area contributed by atoms with Gasteiger partial charge in [0.2, 0.25) is 0 Å². The quantitative estimate of drug-likeness (QED) is 0.799. The van der Waals surface area contributed by atoms with Crippen molar-refractivity contribution in [3.63, 3.8) is 0 Å². The molecule has 2 amide bonds. The van der Waals surface area contributed by atoms with Crippen molar-refractivity contribution in [1.82, 2.24) is 10.2 Å². The Labute approximate surface area is 121 Å². The van der Waals surface area contributed by atoms with Gasteiger partial charge in [-0.1, -0.05) is 20.3 Å². The maximum absolute atomic E-state index is 12.5. The summed E-state index contributed by atoms with van der Waals surface area (Å²) in [6.07, 6.45) is 5.46. The Bertz CT molecular complexity index is 411. The zero-order valence-electron chi connectivity index (χ0n) is 12.6. The predicted octanol–water partition coefficient (Wildman–Crippen LogP) is 2.24. The summed E-state index contributed by atoms with van der Waals surface area (Å²) in [6.45, 7) is 7.27. The monoisotopic (exact) mass is 278 g/mol. The molecule has 4 aliphatic rings. The molecule has 2 saturated carbocycles.